The first-order valence-corrected chi connectivity index (χ1v) is 6.41. The predicted octanol–water partition coefficient (Wildman–Crippen LogP) is 2.75. The molecule has 19 heavy (non-hydrogen) atoms. The minimum absolute atomic E-state index is 0.0843. The van der Waals surface area contributed by atoms with E-state index in [2.05, 4.69) is 9.97 Å². The zero-order chi connectivity index (χ0) is 13.8. The summed E-state index contributed by atoms with van der Waals surface area (Å²) in [6, 6.07) is 4.41. The Morgan fingerprint density at radius 1 is 1.32 bits per heavy atom. The summed E-state index contributed by atoms with van der Waals surface area (Å²) >= 11 is 5.97. The first kappa shape index (κ1) is 13.9. The van der Waals surface area contributed by atoms with Gasteiger partial charge < -0.3 is 5.73 Å². The molecular formula is C14H15ClFN3. The van der Waals surface area contributed by atoms with Crippen LogP contribution in [-0.2, 0) is 12.8 Å². The van der Waals surface area contributed by atoms with Gasteiger partial charge in [-0.15, -0.1) is 0 Å². The van der Waals surface area contributed by atoms with Gasteiger partial charge in [0.1, 0.15) is 11.6 Å². The number of halogens is 2. The average Bonchev–Trinajstić information content (AvgIpc) is 2.34. The van der Waals surface area contributed by atoms with Crippen LogP contribution >= 0.6 is 11.6 Å². The highest BCUT2D eigenvalue weighted by molar-refractivity contribution is 6.31. The van der Waals surface area contributed by atoms with E-state index in [-0.39, 0.29) is 11.9 Å². The maximum atomic E-state index is 12.9. The van der Waals surface area contributed by atoms with Crippen LogP contribution in [0.25, 0.3) is 0 Å². The van der Waals surface area contributed by atoms with Crippen LogP contribution in [0, 0.1) is 5.82 Å². The van der Waals surface area contributed by atoms with Gasteiger partial charge in [-0.05, 0) is 36.6 Å². The van der Waals surface area contributed by atoms with Crippen LogP contribution < -0.4 is 5.73 Å². The molecule has 0 aliphatic carbocycles. The highest BCUT2D eigenvalue weighted by Crippen LogP contribution is 2.19. The van der Waals surface area contributed by atoms with Crippen LogP contribution in [0.4, 0.5) is 4.39 Å². The molecule has 0 aliphatic rings. The SMILES string of the molecule is CC(N)Cc1cnc(Cc2ccc(F)cc2Cl)nc1. The van der Waals surface area contributed by atoms with Gasteiger partial charge in [-0.2, -0.15) is 0 Å². The second-order valence-electron chi connectivity index (χ2n) is 4.60. The molecule has 0 saturated carbocycles. The van der Waals surface area contributed by atoms with Gasteiger partial charge in [0.2, 0.25) is 0 Å². The minimum Gasteiger partial charge on any atom is -0.328 e. The summed E-state index contributed by atoms with van der Waals surface area (Å²) in [5, 5.41) is 0.392. The summed E-state index contributed by atoms with van der Waals surface area (Å²) < 4.78 is 12.9. The van der Waals surface area contributed by atoms with Gasteiger partial charge in [0.15, 0.2) is 0 Å². The van der Waals surface area contributed by atoms with E-state index in [1.165, 1.54) is 12.1 Å². The Kier molecular flexibility index (Phi) is 4.45. The van der Waals surface area contributed by atoms with Crippen LogP contribution in [0.2, 0.25) is 5.02 Å². The quantitative estimate of drug-likeness (QED) is 0.936. The number of hydrogen-bond donors (Lipinski definition) is 1. The fourth-order valence-electron chi connectivity index (χ4n) is 1.79. The molecule has 2 rings (SSSR count). The summed E-state index contributed by atoms with van der Waals surface area (Å²) in [7, 11) is 0. The Morgan fingerprint density at radius 3 is 2.58 bits per heavy atom. The maximum Gasteiger partial charge on any atom is 0.132 e. The lowest BCUT2D eigenvalue weighted by Gasteiger charge is -2.06. The molecule has 0 fully saturated rings. The molecule has 0 spiro atoms. The van der Waals surface area contributed by atoms with E-state index >= 15 is 0 Å². The normalized spacial score (nSPS) is 12.4. The Balaban J connectivity index is 2.10. The molecule has 0 radical (unpaired) electrons. The van der Waals surface area contributed by atoms with Crippen LogP contribution in [-0.4, -0.2) is 16.0 Å². The largest absolute Gasteiger partial charge is 0.328 e. The molecule has 0 amide bonds. The van der Waals surface area contributed by atoms with Gasteiger partial charge in [0, 0.05) is 29.9 Å². The van der Waals surface area contributed by atoms with Crippen molar-refractivity contribution in [3.8, 4) is 0 Å². The van der Waals surface area contributed by atoms with Crippen molar-refractivity contribution in [1.29, 1.82) is 0 Å². The fraction of sp³-hybridized carbons (Fsp3) is 0.286. The molecule has 1 atom stereocenters. The van der Waals surface area contributed by atoms with E-state index in [9.17, 15) is 4.39 Å². The average molecular weight is 280 g/mol. The Labute approximate surface area is 116 Å². The number of nitrogens with two attached hydrogens (primary N) is 1. The Bertz CT molecular complexity index is 555. The van der Waals surface area contributed by atoms with Gasteiger partial charge in [-0.1, -0.05) is 17.7 Å². The van der Waals surface area contributed by atoms with Crippen LogP contribution in [0.5, 0.6) is 0 Å². The zero-order valence-corrected chi connectivity index (χ0v) is 11.4. The van der Waals surface area contributed by atoms with E-state index in [1.807, 2.05) is 6.92 Å². The van der Waals surface area contributed by atoms with E-state index in [0.29, 0.717) is 17.3 Å². The molecule has 1 unspecified atom stereocenters. The number of hydrogen-bond acceptors (Lipinski definition) is 3. The minimum atomic E-state index is -0.345. The molecular weight excluding hydrogens is 265 g/mol. The smallest absolute Gasteiger partial charge is 0.132 e. The Morgan fingerprint density at radius 2 is 2.00 bits per heavy atom. The maximum absolute atomic E-state index is 12.9. The van der Waals surface area contributed by atoms with Crippen molar-refractivity contribution in [2.45, 2.75) is 25.8 Å². The molecule has 100 valence electrons. The fourth-order valence-corrected chi connectivity index (χ4v) is 2.02. The summed E-state index contributed by atoms with van der Waals surface area (Å²) in [5.41, 5.74) is 7.52. The van der Waals surface area contributed by atoms with E-state index in [0.717, 1.165) is 17.5 Å². The van der Waals surface area contributed by atoms with Crippen LogP contribution in [0.15, 0.2) is 30.6 Å². The van der Waals surface area contributed by atoms with Crippen LogP contribution in [0.1, 0.15) is 23.9 Å². The topological polar surface area (TPSA) is 51.8 Å². The molecule has 1 aromatic heterocycles. The second-order valence-corrected chi connectivity index (χ2v) is 5.01. The molecule has 1 heterocycles. The number of benzene rings is 1. The van der Waals surface area contributed by atoms with Crippen molar-refractivity contribution in [2.75, 3.05) is 0 Å². The Hall–Kier alpha value is -1.52. The van der Waals surface area contributed by atoms with Gasteiger partial charge in [-0.25, -0.2) is 14.4 Å². The van der Waals surface area contributed by atoms with E-state index in [4.69, 9.17) is 17.3 Å². The molecule has 0 aliphatic heterocycles. The lowest BCUT2D eigenvalue weighted by atomic mass is 10.1. The van der Waals surface area contributed by atoms with Gasteiger partial charge >= 0.3 is 0 Å². The summed E-state index contributed by atoms with van der Waals surface area (Å²) in [5.74, 6) is 0.309. The standard InChI is InChI=1S/C14H15ClFN3/c1-9(17)4-10-7-18-14(19-8-10)5-11-2-3-12(16)6-13(11)15/h2-3,6-9H,4-5,17H2,1H3. The summed E-state index contributed by atoms with van der Waals surface area (Å²) in [6.07, 6.45) is 4.77. The third-order valence-electron chi connectivity index (χ3n) is 2.68. The van der Waals surface area contributed by atoms with Crippen molar-refractivity contribution in [2.24, 2.45) is 5.73 Å². The van der Waals surface area contributed by atoms with Crippen molar-refractivity contribution < 1.29 is 4.39 Å². The van der Waals surface area contributed by atoms with Gasteiger partial charge in [0.05, 0.1) is 0 Å². The molecule has 0 bridgehead atoms. The van der Waals surface area contributed by atoms with Gasteiger partial charge in [0.25, 0.3) is 0 Å². The molecule has 2 N–H and O–H groups in total. The number of aromatic nitrogens is 2. The van der Waals surface area contributed by atoms with Crippen LogP contribution in [0.3, 0.4) is 0 Å². The zero-order valence-electron chi connectivity index (χ0n) is 10.6. The third kappa shape index (κ3) is 3.98. The third-order valence-corrected chi connectivity index (χ3v) is 3.03. The lowest BCUT2D eigenvalue weighted by Crippen LogP contribution is -2.18. The molecule has 5 heteroatoms. The molecule has 2 aromatic rings. The first-order chi connectivity index (χ1) is 9.04. The number of nitrogens with zero attached hydrogens (tertiary/aromatic N) is 2. The van der Waals surface area contributed by atoms with Crippen molar-refractivity contribution >= 4 is 11.6 Å². The monoisotopic (exact) mass is 279 g/mol. The van der Waals surface area contributed by atoms with E-state index in [1.54, 1.807) is 18.5 Å². The van der Waals surface area contributed by atoms with Crippen molar-refractivity contribution in [3.63, 3.8) is 0 Å². The first-order valence-electron chi connectivity index (χ1n) is 6.04. The number of rotatable bonds is 4. The molecule has 3 nitrogen and oxygen atoms in total. The lowest BCUT2D eigenvalue weighted by molar-refractivity contribution is 0.627. The predicted molar refractivity (Wildman–Crippen MR) is 73.6 cm³/mol. The summed E-state index contributed by atoms with van der Waals surface area (Å²) in [6.45, 7) is 1.94. The van der Waals surface area contributed by atoms with E-state index < -0.39 is 0 Å². The van der Waals surface area contributed by atoms with Crippen molar-refractivity contribution in [1.82, 2.24) is 9.97 Å². The second kappa shape index (κ2) is 6.08. The van der Waals surface area contributed by atoms with Crippen molar-refractivity contribution in [3.05, 3.63) is 58.4 Å². The summed E-state index contributed by atoms with van der Waals surface area (Å²) in [4.78, 5) is 8.54. The highest BCUT2D eigenvalue weighted by Gasteiger charge is 2.06. The molecule has 0 saturated heterocycles. The highest BCUT2D eigenvalue weighted by atomic mass is 35.5. The molecule has 1 aromatic carbocycles. The van der Waals surface area contributed by atoms with Gasteiger partial charge in [-0.3, -0.25) is 0 Å².